The van der Waals surface area contributed by atoms with Gasteiger partial charge in [-0.05, 0) is 67.4 Å². The zero-order valence-corrected chi connectivity index (χ0v) is 16.9. The second-order valence-corrected chi connectivity index (χ2v) is 7.31. The van der Waals surface area contributed by atoms with Crippen LogP contribution in [0.15, 0.2) is 67.0 Å². The summed E-state index contributed by atoms with van der Waals surface area (Å²) in [5, 5.41) is 3.34. The van der Waals surface area contributed by atoms with Crippen molar-refractivity contribution in [1.29, 1.82) is 0 Å². The van der Waals surface area contributed by atoms with E-state index in [-0.39, 0.29) is 5.91 Å². The minimum Gasteiger partial charge on any atom is -0.487 e. The number of nitrogens with one attached hydrogen (secondary N) is 1. The molecule has 0 aliphatic carbocycles. The third-order valence-electron chi connectivity index (χ3n) is 4.60. The number of hydrogen-bond donors (Lipinski definition) is 1. The Morgan fingerprint density at radius 1 is 1.14 bits per heavy atom. The molecule has 0 saturated carbocycles. The van der Waals surface area contributed by atoms with E-state index in [1.807, 2.05) is 54.9 Å². The number of rotatable bonds is 5. The molecular formula is C23H20ClN3O2. The topological polar surface area (TPSA) is 55.6 Å². The van der Waals surface area contributed by atoms with Gasteiger partial charge < -0.3 is 14.5 Å². The smallest absolute Gasteiger partial charge is 0.255 e. The van der Waals surface area contributed by atoms with E-state index < -0.39 is 0 Å². The zero-order chi connectivity index (χ0) is 20.4. The Morgan fingerprint density at radius 3 is 2.66 bits per heavy atom. The molecule has 1 N–H and O–H groups in total. The van der Waals surface area contributed by atoms with E-state index in [0.29, 0.717) is 28.6 Å². The van der Waals surface area contributed by atoms with E-state index in [1.54, 1.807) is 30.3 Å². The van der Waals surface area contributed by atoms with Crippen molar-refractivity contribution in [2.45, 2.75) is 20.5 Å². The van der Waals surface area contributed by atoms with Crippen LogP contribution in [0, 0.1) is 13.8 Å². The molecule has 0 aliphatic rings. The van der Waals surface area contributed by atoms with Gasteiger partial charge >= 0.3 is 0 Å². The molecule has 146 valence electrons. The molecule has 6 heteroatoms. The van der Waals surface area contributed by atoms with Gasteiger partial charge in [-0.15, -0.1) is 0 Å². The predicted octanol–water partition coefficient (Wildman–Crippen LogP) is 5.44. The number of carbonyl (C=O) groups is 1. The van der Waals surface area contributed by atoms with Crippen molar-refractivity contribution in [3.63, 3.8) is 0 Å². The fourth-order valence-electron chi connectivity index (χ4n) is 3.05. The summed E-state index contributed by atoms with van der Waals surface area (Å²) in [4.78, 5) is 17.0. The average molecular weight is 406 g/mol. The lowest BCUT2D eigenvalue weighted by molar-refractivity contribution is 0.102. The molecule has 5 nitrogen and oxygen atoms in total. The summed E-state index contributed by atoms with van der Waals surface area (Å²) in [6.45, 7) is 4.33. The highest BCUT2D eigenvalue weighted by atomic mass is 35.5. The van der Waals surface area contributed by atoms with E-state index in [2.05, 4.69) is 10.3 Å². The van der Waals surface area contributed by atoms with E-state index in [9.17, 15) is 4.79 Å². The summed E-state index contributed by atoms with van der Waals surface area (Å²) >= 11 is 6.18. The number of hydrogen-bond acceptors (Lipinski definition) is 3. The van der Waals surface area contributed by atoms with Crippen LogP contribution in [-0.4, -0.2) is 15.3 Å². The molecule has 0 spiro atoms. The molecule has 29 heavy (non-hydrogen) atoms. The fraction of sp³-hybridized carbons (Fsp3) is 0.130. The van der Waals surface area contributed by atoms with Gasteiger partial charge in [-0.3, -0.25) is 4.79 Å². The van der Waals surface area contributed by atoms with Gasteiger partial charge in [0.1, 0.15) is 18.0 Å². The minimum absolute atomic E-state index is 0.224. The molecule has 0 saturated heterocycles. The Balaban J connectivity index is 1.40. The number of carbonyl (C=O) groups excluding carboxylic acids is 1. The maximum atomic E-state index is 12.4. The van der Waals surface area contributed by atoms with E-state index >= 15 is 0 Å². The van der Waals surface area contributed by atoms with Gasteiger partial charge in [0.2, 0.25) is 0 Å². The van der Waals surface area contributed by atoms with Gasteiger partial charge in [-0.1, -0.05) is 23.7 Å². The van der Waals surface area contributed by atoms with E-state index in [1.165, 1.54) is 0 Å². The van der Waals surface area contributed by atoms with Crippen LogP contribution in [0.1, 0.15) is 27.2 Å². The molecule has 0 aliphatic heterocycles. The summed E-state index contributed by atoms with van der Waals surface area (Å²) in [7, 11) is 0. The number of anilines is 1. The minimum atomic E-state index is -0.224. The zero-order valence-electron chi connectivity index (χ0n) is 16.1. The molecule has 2 aromatic carbocycles. The summed E-state index contributed by atoms with van der Waals surface area (Å²) in [6, 6.07) is 16.5. The van der Waals surface area contributed by atoms with Crippen LogP contribution in [-0.2, 0) is 6.61 Å². The first kappa shape index (κ1) is 19.0. The maximum Gasteiger partial charge on any atom is 0.255 e. The Hall–Kier alpha value is -3.31. The summed E-state index contributed by atoms with van der Waals surface area (Å²) < 4.78 is 7.80. The molecule has 2 aromatic heterocycles. The van der Waals surface area contributed by atoms with Crippen LogP contribution >= 0.6 is 11.6 Å². The van der Waals surface area contributed by atoms with Crippen LogP contribution in [0.3, 0.4) is 0 Å². The van der Waals surface area contributed by atoms with Gasteiger partial charge in [0, 0.05) is 18.0 Å². The average Bonchev–Trinajstić information content (AvgIpc) is 3.13. The fourth-order valence-corrected chi connectivity index (χ4v) is 3.33. The summed E-state index contributed by atoms with van der Waals surface area (Å²) in [5.74, 6) is 0.446. The molecule has 0 bridgehead atoms. The third-order valence-corrected chi connectivity index (χ3v) is 4.92. The van der Waals surface area contributed by atoms with Crippen molar-refractivity contribution in [3.05, 3.63) is 94.4 Å². The van der Waals surface area contributed by atoms with E-state index in [0.717, 1.165) is 22.5 Å². The van der Waals surface area contributed by atoms with Gasteiger partial charge in [0.25, 0.3) is 5.91 Å². The van der Waals surface area contributed by atoms with Crippen LogP contribution in [0.5, 0.6) is 5.75 Å². The van der Waals surface area contributed by atoms with Crippen molar-refractivity contribution < 1.29 is 9.53 Å². The molecule has 4 aromatic rings. The van der Waals surface area contributed by atoms with Crippen molar-refractivity contribution in [3.8, 4) is 5.75 Å². The van der Waals surface area contributed by atoms with Crippen molar-refractivity contribution in [2.24, 2.45) is 0 Å². The van der Waals surface area contributed by atoms with Gasteiger partial charge in [-0.25, -0.2) is 4.98 Å². The largest absolute Gasteiger partial charge is 0.487 e. The molecule has 4 rings (SSSR count). The monoisotopic (exact) mass is 405 g/mol. The summed E-state index contributed by atoms with van der Waals surface area (Å²) in [6.07, 6.45) is 3.92. The van der Waals surface area contributed by atoms with Gasteiger partial charge in [0.05, 0.1) is 16.4 Å². The number of nitrogens with zero attached hydrogens (tertiary/aromatic N) is 2. The van der Waals surface area contributed by atoms with Crippen LogP contribution in [0.4, 0.5) is 5.69 Å². The molecule has 0 atom stereocenters. The molecular weight excluding hydrogens is 386 g/mol. The van der Waals surface area contributed by atoms with Gasteiger partial charge in [0.15, 0.2) is 0 Å². The molecule has 0 fully saturated rings. The maximum absolute atomic E-state index is 12.4. The molecule has 0 radical (unpaired) electrons. The number of halogens is 1. The van der Waals surface area contributed by atoms with E-state index in [4.69, 9.17) is 16.3 Å². The lowest BCUT2D eigenvalue weighted by Gasteiger charge is -2.09. The quantitative estimate of drug-likeness (QED) is 0.481. The number of fused-ring (bicyclic) bond motifs is 1. The Bertz CT molecular complexity index is 1180. The van der Waals surface area contributed by atoms with Crippen molar-refractivity contribution in [1.82, 2.24) is 9.38 Å². The SMILES string of the molecule is Cc1ccc(NC(=O)c2ccc(OCc3cn4cccc(C)c4n3)cc2)c(Cl)c1. The number of amides is 1. The Morgan fingerprint density at radius 2 is 1.93 bits per heavy atom. The Labute approximate surface area is 173 Å². The number of aromatic nitrogens is 2. The lowest BCUT2D eigenvalue weighted by Crippen LogP contribution is -2.12. The van der Waals surface area contributed by atoms with Crippen LogP contribution in [0.25, 0.3) is 5.65 Å². The Kier molecular flexibility index (Phi) is 5.23. The number of benzene rings is 2. The molecule has 1 amide bonds. The van der Waals surface area contributed by atoms with Crippen LogP contribution in [0.2, 0.25) is 5.02 Å². The summed E-state index contributed by atoms with van der Waals surface area (Å²) in [5.41, 5.74) is 5.03. The normalized spacial score (nSPS) is 10.9. The first-order chi connectivity index (χ1) is 14.0. The first-order valence-corrected chi connectivity index (χ1v) is 9.61. The van der Waals surface area contributed by atoms with Crippen LogP contribution < -0.4 is 10.1 Å². The van der Waals surface area contributed by atoms with Crippen molar-refractivity contribution in [2.75, 3.05) is 5.32 Å². The number of ether oxygens (including phenoxy) is 1. The standard InChI is InChI=1S/C23H20ClN3O2/c1-15-5-10-21(20(24)12-15)26-23(28)17-6-8-19(9-7-17)29-14-18-13-27-11-3-4-16(2)22(27)25-18/h3-13H,14H2,1-2H3,(H,26,28). The number of pyridine rings is 1. The lowest BCUT2D eigenvalue weighted by atomic mass is 10.2. The molecule has 0 unspecified atom stereocenters. The molecule has 2 heterocycles. The highest BCUT2D eigenvalue weighted by Gasteiger charge is 2.10. The first-order valence-electron chi connectivity index (χ1n) is 9.23. The number of imidazole rings is 1. The van der Waals surface area contributed by atoms with Gasteiger partial charge in [-0.2, -0.15) is 0 Å². The predicted molar refractivity (Wildman–Crippen MR) is 115 cm³/mol. The second-order valence-electron chi connectivity index (χ2n) is 6.90. The highest BCUT2D eigenvalue weighted by Crippen LogP contribution is 2.24. The second kappa shape index (κ2) is 7.97. The number of aryl methyl sites for hydroxylation is 2. The third kappa shape index (κ3) is 4.25. The highest BCUT2D eigenvalue weighted by molar-refractivity contribution is 6.34. The van der Waals surface area contributed by atoms with Crippen molar-refractivity contribution >= 4 is 28.8 Å².